The highest BCUT2D eigenvalue weighted by Gasteiger charge is 2.06. The van der Waals surface area contributed by atoms with E-state index in [1.165, 1.54) is 11.8 Å². The summed E-state index contributed by atoms with van der Waals surface area (Å²) in [5.41, 5.74) is 0. The molecule has 4 nitrogen and oxygen atoms in total. The Hall–Kier alpha value is -0.550. The first-order valence-electron chi connectivity index (χ1n) is 3.78. The largest absolute Gasteiger partial charge is 0.393 e. The molecule has 0 radical (unpaired) electrons. The van der Waals surface area contributed by atoms with Crippen molar-refractivity contribution in [2.75, 3.05) is 5.75 Å². The summed E-state index contributed by atoms with van der Waals surface area (Å²) in [4.78, 5) is 0. The van der Waals surface area contributed by atoms with Crippen LogP contribution < -0.4 is 0 Å². The number of aromatic nitrogens is 3. The van der Waals surface area contributed by atoms with Gasteiger partial charge in [-0.3, -0.25) is 0 Å². The molecule has 0 saturated carbocycles. The highest BCUT2D eigenvalue weighted by atomic mass is 32.2. The standard InChI is InChI=1S/C7H13N3OS/c1-5(11)4-12-7-9-8-6(2)10(7)3/h5,11H,4H2,1-3H3. The molecule has 1 atom stereocenters. The molecule has 0 aliphatic heterocycles. The number of aliphatic hydroxyl groups is 1. The summed E-state index contributed by atoms with van der Waals surface area (Å²) in [6.07, 6.45) is -0.299. The van der Waals surface area contributed by atoms with Gasteiger partial charge in [0.1, 0.15) is 5.82 Å². The molecule has 1 N–H and O–H groups in total. The second kappa shape index (κ2) is 3.91. The van der Waals surface area contributed by atoms with Gasteiger partial charge >= 0.3 is 0 Å². The number of aryl methyl sites for hydroxylation is 1. The Morgan fingerprint density at radius 3 is 2.67 bits per heavy atom. The van der Waals surface area contributed by atoms with Crippen molar-refractivity contribution in [1.29, 1.82) is 0 Å². The lowest BCUT2D eigenvalue weighted by molar-refractivity contribution is 0.220. The molecule has 0 aliphatic carbocycles. The number of hydrogen-bond acceptors (Lipinski definition) is 4. The zero-order valence-corrected chi connectivity index (χ0v) is 8.30. The molecule has 1 unspecified atom stereocenters. The second-order valence-corrected chi connectivity index (χ2v) is 3.74. The Balaban J connectivity index is 2.58. The van der Waals surface area contributed by atoms with Crippen molar-refractivity contribution in [1.82, 2.24) is 14.8 Å². The molecule has 5 heteroatoms. The van der Waals surface area contributed by atoms with Gasteiger partial charge in [0.15, 0.2) is 5.16 Å². The van der Waals surface area contributed by atoms with Crippen LogP contribution in [-0.2, 0) is 7.05 Å². The summed E-state index contributed by atoms with van der Waals surface area (Å²) in [5, 5.41) is 17.7. The minimum atomic E-state index is -0.299. The van der Waals surface area contributed by atoms with Crippen LogP contribution in [0.3, 0.4) is 0 Å². The molecule has 12 heavy (non-hydrogen) atoms. The summed E-state index contributed by atoms with van der Waals surface area (Å²) in [7, 11) is 1.92. The van der Waals surface area contributed by atoms with E-state index in [2.05, 4.69) is 10.2 Å². The third kappa shape index (κ3) is 2.22. The van der Waals surface area contributed by atoms with Gasteiger partial charge in [0.2, 0.25) is 0 Å². The van der Waals surface area contributed by atoms with E-state index in [0.29, 0.717) is 5.75 Å². The van der Waals surface area contributed by atoms with Crippen LogP contribution >= 0.6 is 11.8 Å². The molecule has 0 fully saturated rings. The summed E-state index contributed by atoms with van der Waals surface area (Å²) in [5.74, 6) is 1.55. The zero-order chi connectivity index (χ0) is 9.14. The molecule has 1 aromatic heterocycles. The van der Waals surface area contributed by atoms with E-state index in [0.717, 1.165) is 11.0 Å². The molecule has 0 aliphatic rings. The smallest absolute Gasteiger partial charge is 0.191 e. The fourth-order valence-electron chi connectivity index (χ4n) is 0.709. The lowest BCUT2D eigenvalue weighted by Gasteiger charge is -2.02. The van der Waals surface area contributed by atoms with Gasteiger partial charge in [0.05, 0.1) is 6.10 Å². The lowest BCUT2D eigenvalue weighted by Crippen LogP contribution is -2.04. The topological polar surface area (TPSA) is 50.9 Å². The minimum absolute atomic E-state index is 0.299. The van der Waals surface area contributed by atoms with Crippen molar-refractivity contribution < 1.29 is 5.11 Å². The van der Waals surface area contributed by atoms with Crippen LogP contribution in [0.1, 0.15) is 12.7 Å². The summed E-state index contributed by atoms with van der Waals surface area (Å²) in [6.45, 7) is 3.66. The van der Waals surface area contributed by atoms with Crippen LogP contribution in [0.15, 0.2) is 5.16 Å². The van der Waals surface area contributed by atoms with Crippen molar-refractivity contribution in [2.45, 2.75) is 25.1 Å². The molecule has 68 valence electrons. The van der Waals surface area contributed by atoms with Crippen LogP contribution in [0, 0.1) is 6.92 Å². The van der Waals surface area contributed by atoms with E-state index in [9.17, 15) is 0 Å². The molecule has 0 aromatic carbocycles. The van der Waals surface area contributed by atoms with Crippen LogP contribution in [0.4, 0.5) is 0 Å². The molecule has 1 aromatic rings. The number of aliphatic hydroxyl groups excluding tert-OH is 1. The van der Waals surface area contributed by atoms with Gasteiger partial charge in [0, 0.05) is 12.8 Å². The van der Waals surface area contributed by atoms with Gasteiger partial charge in [-0.2, -0.15) is 0 Å². The van der Waals surface area contributed by atoms with E-state index in [4.69, 9.17) is 5.11 Å². The summed E-state index contributed by atoms with van der Waals surface area (Å²) < 4.78 is 1.91. The van der Waals surface area contributed by atoms with E-state index in [-0.39, 0.29) is 6.10 Å². The number of nitrogens with zero attached hydrogens (tertiary/aromatic N) is 3. The second-order valence-electron chi connectivity index (χ2n) is 2.75. The predicted octanol–water partition coefficient (Wildman–Crippen LogP) is 0.596. The highest BCUT2D eigenvalue weighted by molar-refractivity contribution is 7.99. The van der Waals surface area contributed by atoms with Crippen molar-refractivity contribution in [2.24, 2.45) is 7.05 Å². The first kappa shape index (κ1) is 9.54. The maximum atomic E-state index is 9.03. The van der Waals surface area contributed by atoms with E-state index in [1.54, 1.807) is 6.92 Å². The number of hydrogen-bond donors (Lipinski definition) is 1. The molecule has 0 amide bonds. The number of thioether (sulfide) groups is 1. The zero-order valence-electron chi connectivity index (χ0n) is 7.48. The molecule has 1 rings (SSSR count). The van der Waals surface area contributed by atoms with Crippen molar-refractivity contribution in [3.8, 4) is 0 Å². The summed E-state index contributed by atoms with van der Waals surface area (Å²) >= 11 is 1.52. The Morgan fingerprint density at radius 2 is 2.25 bits per heavy atom. The maximum Gasteiger partial charge on any atom is 0.191 e. The van der Waals surface area contributed by atoms with Crippen LogP contribution in [0.25, 0.3) is 0 Å². The van der Waals surface area contributed by atoms with Gasteiger partial charge in [-0.05, 0) is 13.8 Å². The van der Waals surface area contributed by atoms with E-state index >= 15 is 0 Å². The van der Waals surface area contributed by atoms with Gasteiger partial charge in [-0.1, -0.05) is 11.8 Å². The summed E-state index contributed by atoms with van der Waals surface area (Å²) in [6, 6.07) is 0. The first-order valence-corrected chi connectivity index (χ1v) is 4.76. The first-order chi connectivity index (χ1) is 5.61. The Labute approximate surface area is 76.0 Å². The fourth-order valence-corrected chi connectivity index (χ4v) is 1.52. The SMILES string of the molecule is Cc1nnc(SCC(C)O)n1C. The van der Waals surface area contributed by atoms with Crippen molar-refractivity contribution in [3.63, 3.8) is 0 Å². The minimum Gasteiger partial charge on any atom is -0.393 e. The van der Waals surface area contributed by atoms with E-state index in [1.807, 2.05) is 18.5 Å². The van der Waals surface area contributed by atoms with Crippen molar-refractivity contribution in [3.05, 3.63) is 5.82 Å². The quantitative estimate of drug-likeness (QED) is 0.704. The average Bonchev–Trinajstić information content (AvgIpc) is 2.30. The predicted molar refractivity (Wildman–Crippen MR) is 48.1 cm³/mol. The fraction of sp³-hybridized carbons (Fsp3) is 0.714. The van der Waals surface area contributed by atoms with Crippen molar-refractivity contribution >= 4 is 11.8 Å². The molecular weight excluding hydrogens is 174 g/mol. The van der Waals surface area contributed by atoms with Gasteiger partial charge in [-0.15, -0.1) is 10.2 Å². The van der Waals surface area contributed by atoms with Gasteiger partial charge in [0.25, 0.3) is 0 Å². The molecule has 1 heterocycles. The van der Waals surface area contributed by atoms with E-state index < -0.39 is 0 Å². The average molecular weight is 187 g/mol. The molecule has 0 saturated heterocycles. The Morgan fingerprint density at radius 1 is 1.58 bits per heavy atom. The van der Waals surface area contributed by atoms with Crippen LogP contribution in [0.2, 0.25) is 0 Å². The van der Waals surface area contributed by atoms with Gasteiger partial charge in [-0.25, -0.2) is 0 Å². The Kier molecular flexibility index (Phi) is 3.11. The third-order valence-corrected chi connectivity index (χ3v) is 2.77. The molecule has 0 spiro atoms. The molecule has 0 bridgehead atoms. The van der Waals surface area contributed by atoms with Crippen LogP contribution in [0.5, 0.6) is 0 Å². The van der Waals surface area contributed by atoms with Crippen LogP contribution in [-0.4, -0.2) is 31.7 Å². The highest BCUT2D eigenvalue weighted by Crippen LogP contribution is 2.15. The van der Waals surface area contributed by atoms with Gasteiger partial charge < -0.3 is 9.67 Å². The number of rotatable bonds is 3. The maximum absolute atomic E-state index is 9.03. The molecular formula is C7H13N3OS. The Bertz CT molecular complexity index is 259. The third-order valence-electron chi connectivity index (χ3n) is 1.51. The normalized spacial score (nSPS) is 13.3. The lowest BCUT2D eigenvalue weighted by atomic mass is 10.5. The monoisotopic (exact) mass is 187 g/mol.